The van der Waals surface area contributed by atoms with Crippen LogP contribution in [0.5, 0.6) is 5.75 Å². The van der Waals surface area contributed by atoms with Gasteiger partial charge in [0.05, 0.1) is 18.9 Å². The molecule has 0 spiro atoms. The second-order valence-corrected chi connectivity index (χ2v) is 4.69. The minimum atomic E-state index is -0.0956. The third kappa shape index (κ3) is 2.03. The van der Waals surface area contributed by atoms with Crippen LogP contribution in [-0.2, 0) is 12.8 Å². The van der Waals surface area contributed by atoms with Crippen molar-refractivity contribution in [3.05, 3.63) is 53.0 Å². The molecule has 100 valence electrons. The van der Waals surface area contributed by atoms with Crippen molar-refractivity contribution in [2.45, 2.75) is 25.8 Å². The van der Waals surface area contributed by atoms with Crippen LogP contribution in [0.4, 0.5) is 0 Å². The highest BCUT2D eigenvalue weighted by Gasteiger charge is 2.25. The molecular weight excluding hydrogens is 240 g/mol. The zero-order valence-electron chi connectivity index (χ0n) is 11.0. The molecule has 0 saturated carbocycles. The molecule has 0 fully saturated rings. The summed E-state index contributed by atoms with van der Waals surface area (Å²) in [6.07, 6.45) is 3.52. The Morgan fingerprint density at radius 1 is 1.32 bits per heavy atom. The molecule has 0 bridgehead atoms. The highest BCUT2D eigenvalue weighted by atomic mass is 16.5. The number of nitrogens with one attached hydrogen (secondary N) is 1. The quantitative estimate of drug-likeness (QED) is 0.652. The van der Waals surface area contributed by atoms with Crippen molar-refractivity contribution in [3.8, 4) is 5.75 Å². The number of hydrazine groups is 1. The lowest BCUT2D eigenvalue weighted by Gasteiger charge is -2.19. The number of benzene rings is 1. The van der Waals surface area contributed by atoms with Gasteiger partial charge in [-0.3, -0.25) is 5.84 Å². The number of para-hydroxylation sites is 1. The van der Waals surface area contributed by atoms with Crippen molar-refractivity contribution in [2.24, 2.45) is 5.84 Å². The van der Waals surface area contributed by atoms with E-state index in [9.17, 15) is 0 Å². The van der Waals surface area contributed by atoms with Gasteiger partial charge in [0, 0.05) is 24.0 Å². The Balaban J connectivity index is 2.06. The number of aryl methyl sites for hydroxylation is 1. The second-order valence-electron chi connectivity index (χ2n) is 4.69. The summed E-state index contributed by atoms with van der Waals surface area (Å²) in [6.45, 7) is 2.82. The molecule has 2 heterocycles. The van der Waals surface area contributed by atoms with E-state index in [-0.39, 0.29) is 6.04 Å². The van der Waals surface area contributed by atoms with Crippen molar-refractivity contribution in [1.29, 1.82) is 0 Å². The SMILES string of the molecule is CCc1occc1C(NN)c1cccc2c1OCC2. The topological polar surface area (TPSA) is 60.4 Å². The Kier molecular flexibility index (Phi) is 3.27. The highest BCUT2D eigenvalue weighted by Crippen LogP contribution is 2.37. The summed E-state index contributed by atoms with van der Waals surface area (Å²) in [6, 6.07) is 8.09. The summed E-state index contributed by atoms with van der Waals surface area (Å²) in [5.41, 5.74) is 6.29. The van der Waals surface area contributed by atoms with Crippen LogP contribution in [0, 0.1) is 0 Å². The first-order valence-electron chi connectivity index (χ1n) is 6.62. The molecule has 1 aliphatic rings. The highest BCUT2D eigenvalue weighted by molar-refractivity contribution is 5.49. The van der Waals surface area contributed by atoms with Gasteiger partial charge in [-0.05, 0) is 11.6 Å². The first kappa shape index (κ1) is 12.3. The van der Waals surface area contributed by atoms with Crippen molar-refractivity contribution in [3.63, 3.8) is 0 Å². The average molecular weight is 258 g/mol. The van der Waals surface area contributed by atoms with Crippen LogP contribution in [0.3, 0.4) is 0 Å². The van der Waals surface area contributed by atoms with E-state index in [2.05, 4.69) is 30.5 Å². The first-order valence-corrected chi connectivity index (χ1v) is 6.62. The molecule has 3 rings (SSSR count). The lowest BCUT2D eigenvalue weighted by Crippen LogP contribution is -2.29. The monoisotopic (exact) mass is 258 g/mol. The molecule has 19 heavy (non-hydrogen) atoms. The van der Waals surface area contributed by atoms with Gasteiger partial charge in [0.25, 0.3) is 0 Å². The van der Waals surface area contributed by atoms with Gasteiger partial charge in [0.15, 0.2) is 0 Å². The van der Waals surface area contributed by atoms with E-state index in [0.29, 0.717) is 0 Å². The summed E-state index contributed by atoms with van der Waals surface area (Å²) >= 11 is 0. The Labute approximate surface area is 112 Å². The summed E-state index contributed by atoms with van der Waals surface area (Å²) in [7, 11) is 0. The Bertz CT molecular complexity index is 577. The number of rotatable bonds is 4. The Hall–Kier alpha value is -1.78. The Morgan fingerprint density at radius 2 is 2.21 bits per heavy atom. The largest absolute Gasteiger partial charge is 0.493 e. The Morgan fingerprint density at radius 3 is 3.00 bits per heavy atom. The fourth-order valence-corrected chi connectivity index (χ4v) is 2.71. The van der Waals surface area contributed by atoms with Gasteiger partial charge < -0.3 is 9.15 Å². The van der Waals surface area contributed by atoms with Crippen molar-refractivity contribution < 1.29 is 9.15 Å². The summed E-state index contributed by atoms with van der Waals surface area (Å²) in [5, 5.41) is 0. The van der Waals surface area contributed by atoms with Crippen LogP contribution in [0.15, 0.2) is 34.9 Å². The summed E-state index contributed by atoms with van der Waals surface area (Å²) in [4.78, 5) is 0. The third-order valence-electron chi connectivity index (χ3n) is 3.63. The smallest absolute Gasteiger partial charge is 0.127 e. The van der Waals surface area contributed by atoms with E-state index in [0.717, 1.165) is 42.1 Å². The van der Waals surface area contributed by atoms with Gasteiger partial charge in [-0.15, -0.1) is 0 Å². The normalized spacial score (nSPS) is 15.1. The number of fused-ring (bicyclic) bond motifs is 1. The second kappa shape index (κ2) is 5.07. The van der Waals surface area contributed by atoms with Crippen molar-refractivity contribution in [2.75, 3.05) is 6.61 Å². The molecule has 4 nitrogen and oxygen atoms in total. The lowest BCUT2D eigenvalue weighted by atomic mass is 9.96. The van der Waals surface area contributed by atoms with E-state index in [4.69, 9.17) is 15.0 Å². The maximum absolute atomic E-state index is 5.77. The van der Waals surface area contributed by atoms with Crippen molar-refractivity contribution in [1.82, 2.24) is 5.43 Å². The molecule has 3 N–H and O–H groups in total. The summed E-state index contributed by atoms with van der Waals surface area (Å²) in [5.74, 6) is 7.69. The number of hydrogen-bond acceptors (Lipinski definition) is 4. The zero-order valence-corrected chi connectivity index (χ0v) is 11.0. The number of nitrogens with two attached hydrogens (primary N) is 1. The molecule has 0 saturated heterocycles. The molecule has 2 aromatic rings. The van der Waals surface area contributed by atoms with E-state index in [1.165, 1.54) is 5.56 Å². The number of hydrogen-bond donors (Lipinski definition) is 2. The zero-order chi connectivity index (χ0) is 13.2. The van der Waals surface area contributed by atoms with Gasteiger partial charge in [-0.2, -0.15) is 0 Å². The van der Waals surface area contributed by atoms with Gasteiger partial charge >= 0.3 is 0 Å². The van der Waals surface area contributed by atoms with E-state index < -0.39 is 0 Å². The van der Waals surface area contributed by atoms with E-state index >= 15 is 0 Å². The van der Waals surface area contributed by atoms with Crippen LogP contribution in [0.25, 0.3) is 0 Å². The van der Waals surface area contributed by atoms with Crippen LogP contribution in [0.1, 0.15) is 35.4 Å². The molecule has 1 aliphatic heterocycles. The van der Waals surface area contributed by atoms with Gasteiger partial charge in [-0.1, -0.05) is 25.1 Å². The fraction of sp³-hybridized carbons (Fsp3) is 0.333. The standard InChI is InChI=1S/C15H18N2O2/c1-2-13-11(7-9-18-13)14(17-16)12-5-3-4-10-6-8-19-15(10)12/h3-5,7,9,14,17H,2,6,8,16H2,1H3. The minimum absolute atomic E-state index is 0.0956. The first-order chi connectivity index (χ1) is 9.35. The number of furan rings is 1. The maximum Gasteiger partial charge on any atom is 0.127 e. The van der Waals surface area contributed by atoms with Crippen LogP contribution >= 0.6 is 0 Å². The lowest BCUT2D eigenvalue weighted by molar-refractivity contribution is 0.350. The average Bonchev–Trinajstić information content (AvgIpc) is 3.08. The molecule has 1 aromatic heterocycles. The summed E-state index contributed by atoms with van der Waals surface area (Å²) < 4.78 is 11.3. The van der Waals surface area contributed by atoms with Crippen molar-refractivity contribution >= 4 is 0 Å². The molecule has 4 heteroatoms. The molecule has 0 amide bonds. The molecular formula is C15H18N2O2. The van der Waals surface area contributed by atoms with Gasteiger partial charge in [-0.25, -0.2) is 5.43 Å². The fourth-order valence-electron chi connectivity index (χ4n) is 2.71. The van der Waals surface area contributed by atoms with Crippen LogP contribution in [0.2, 0.25) is 0 Å². The van der Waals surface area contributed by atoms with Gasteiger partial charge in [0.1, 0.15) is 11.5 Å². The molecule has 1 unspecified atom stereocenters. The third-order valence-corrected chi connectivity index (χ3v) is 3.63. The van der Waals surface area contributed by atoms with Gasteiger partial charge in [0.2, 0.25) is 0 Å². The number of ether oxygens (including phenoxy) is 1. The molecule has 1 atom stereocenters. The van der Waals surface area contributed by atoms with E-state index in [1.54, 1.807) is 6.26 Å². The predicted octanol–water partition coefficient (Wildman–Crippen LogP) is 2.33. The van der Waals surface area contributed by atoms with Crippen LogP contribution < -0.4 is 16.0 Å². The van der Waals surface area contributed by atoms with Crippen LogP contribution in [-0.4, -0.2) is 6.61 Å². The molecule has 0 radical (unpaired) electrons. The molecule has 0 aliphatic carbocycles. The maximum atomic E-state index is 5.77. The minimum Gasteiger partial charge on any atom is -0.493 e. The predicted molar refractivity (Wildman–Crippen MR) is 72.9 cm³/mol. The van der Waals surface area contributed by atoms with E-state index in [1.807, 2.05) is 6.07 Å². The molecule has 1 aromatic carbocycles.